The zero-order chi connectivity index (χ0) is 27.8. The first-order chi connectivity index (χ1) is 19.5. The molecule has 40 heavy (non-hydrogen) atoms. The molecule has 6 rings (SSSR count). The van der Waals surface area contributed by atoms with Crippen LogP contribution in [-0.4, -0.2) is 74.1 Å². The van der Waals surface area contributed by atoms with Crippen LogP contribution in [0.25, 0.3) is 11.3 Å². The number of hydrogen-bond donors (Lipinski definition) is 2. The van der Waals surface area contributed by atoms with Gasteiger partial charge >= 0.3 is 0 Å². The number of nitrogens with two attached hydrogens (primary N) is 1. The lowest BCUT2D eigenvalue weighted by Crippen LogP contribution is -2.54. The molecule has 212 valence electrons. The molecule has 0 amide bonds. The number of aromatic nitrogens is 2. The van der Waals surface area contributed by atoms with Crippen LogP contribution in [0.4, 0.5) is 22.9 Å². The number of ether oxygens (including phenoxy) is 2. The van der Waals surface area contributed by atoms with Crippen LogP contribution in [0.5, 0.6) is 5.75 Å². The summed E-state index contributed by atoms with van der Waals surface area (Å²) in [4.78, 5) is 7.51. The number of aromatic hydroxyl groups is 1. The lowest BCUT2D eigenvalue weighted by atomic mass is 9.95. The zero-order valence-electron chi connectivity index (χ0n) is 23.7. The Hall–Kier alpha value is -3.56. The van der Waals surface area contributed by atoms with E-state index in [0.717, 1.165) is 57.5 Å². The van der Waals surface area contributed by atoms with E-state index in [-0.39, 0.29) is 12.0 Å². The van der Waals surface area contributed by atoms with E-state index in [2.05, 4.69) is 50.0 Å². The summed E-state index contributed by atoms with van der Waals surface area (Å²) in [5.74, 6) is 1.05. The van der Waals surface area contributed by atoms with Crippen molar-refractivity contribution >= 4 is 22.9 Å². The number of nitrogens with zero attached hydrogens (tertiary/aromatic N) is 5. The number of rotatable bonds is 7. The molecule has 3 aromatic rings. The molecule has 9 nitrogen and oxygen atoms in total. The lowest BCUT2D eigenvalue weighted by molar-refractivity contribution is -0.141. The largest absolute Gasteiger partial charge is 0.507 e. The first-order valence-electron chi connectivity index (χ1n) is 14.3. The highest BCUT2D eigenvalue weighted by Crippen LogP contribution is 2.41. The summed E-state index contributed by atoms with van der Waals surface area (Å²) in [6.07, 6.45) is 4.29. The van der Waals surface area contributed by atoms with E-state index in [1.807, 2.05) is 18.2 Å². The van der Waals surface area contributed by atoms with Crippen molar-refractivity contribution in [1.82, 2.24) is 10.2 Å². The molecule has 2 unspecified atom stereocenters. The van der Waals surface area contributed by atoms with Crippen molar-refractivity contribution in [3.63, 3.8) is 0 Å². The summed E-state index contributed by atoms with van der Waals surface area (Å²) in [6, 6.07) is 16.9. The van der Waals surface area contributed by atoms with Crippen LogP contribution in [0, 0.1) is 12.8 Å². The minimum Gasteiger partial charge on any atom is -0.507 e. The summed E-state index contributed by atoms with van der Waals surface area (Å²) < 4.78 is 11.1. The van der Waals surface area contributed by atoms with Gasteiger partial charge in [-0.2, -0.15) is 0 Å². The fraction of sp³-hybridized carbons (Fsp3) is 0.484. The van der Waals surface area contributed by atoms with Crippen LogP contribution in [0.2, 0.25) is 0 Å². The number of piperidine rings is 1. The van der Waals surface area contributed by atoms with E-state index in [9.17, 15) is 5.11 Å². The maximum Gasteiger partial charge on any atom is 0.169 e. The van der Waals surface area contributed by atoms with Gasteiger partial charge in [-0.15, -0.1) is 10.2 Å². The van der Waals surface area contributed by atoms with Gasteiger partial charge in [0.05, 0.1) is 11.4 Å². The number of anilines is 4. The Morgan fingerprint density at radius 1 is 0.875 bits per heavy atom. The average Bonchev–Trinajstić information content (AvgIpc) is 3.24. The van der Waals surface area contributed by atoms with E-state index in [0.29, 0.717) is 35.1 Å². The van der Waals surface area contributed by atoms with Gasteiger partial charge in [0.2, 0.25) is 0 Å². The monoisotopic (exact) mass is 544 g/mol. The van der Waals surface area contributed by atoms with Crippen LogP contribution in [-0.2, 0) is 9.47 Å². The first-order valence-corrected chi connectivity index (χ1v) is 14.3. The SMILES string of the molecule is COC(OC)C1CCN(c2cc(N3C4CCC3CN(c3cc(-c5ccccc5O)nnc3N)C4)ccc2C)CC1. The number of nitrogen functional groups attached to an aromatic ring is 1. The molecule has 3 aliphatic heterocycles. The lowest BCUT2D eigenvalue weighted by Gasteiger charge is -2.44. The van der Waals surface area contributed by atoms with Gasteiger partial charge in [-0.3, -0.25) is 0 Å². The fourth-order valence-electron chi connectivity index (χ4n) is 6.98. The molecule has 0 aliphatic carbocycles. The van der Waals surface area contributed by atoms with Crippen LogP contribution >= 0.6 is 0 Å². The second-order valence-corrected chi connectivity index (χ2v) is 11.3. The average molecular weight is 545 g/mol. The van der Waals surface area contributed by atoms with Gasteiger partial charge in [0, 0.05) is 75.3 Å². The van der Waals surface area contributed by atoms with Crippen molar-refractivity contribution in [2.75, 3.05) is 60.8 Å². The van der Waals surface area contributed by atoms with Gasteiger partial charge < -0.3 is 35.0 Å². The fourth-order valence-corrected chi connectivity index (χ4v) is 6.98. The number of phenols is 1. The van der Waals surface area contributed by atoms with Gasteiger partial charge in [0.25, 0.3) is 0 Å². The number of hydrogen-bond acceptors (Lipinski definition) is 9. The molecule has 3 saturated heterocycles. The van der Waals surface area contributed by atoms with Crippen molar-refractivity contribution in [3.05, 3.63) is 54.1 Å². The predicted octanol–water partition coefficient (Wildman–Crippen LogP) is 4.43. The third kappa shape index (κ3) is 4.92. The Bertz CT molecular complexity index is 1330. The van der Waals surface area contributed by atoms with E-state index in [1.54, 1.807) is 26.4 Å². The molecule has 3 aliphatic rings. The van der Waals surface area contributed by atoms with Gasteiger partial charge in [-0.05, 0) is 68.5 Å². The van der Waals surface area contributed by atoms with Crippen molar-refractivity contribution in [2.45, 2.75) is 51.0 Å². The van der Waals surface area contributed by atoms with Gasteiger partial charge in [-0.25, -0.2) is 0 Å². The molecular weight excluding hydrogens is 504 g/mol. The third-order valence-electron chi connectivity index (χ3n) is 9.02. The van der Waals surface area contributed by atoms with Crippen molar-refractivity contribution in [3.8, 4) is 17.0 Å². The second-order valence-electron chi connectivity index (χ2n) is 11.3. The van der Waals surface area contributed by atoms with Crippen LogP contribution in [0.3, 0.4) is 0 Å². The molecule has 9 heteroatoms. The van der Waals surface area contributed by atoms with Crippen molar-refractivity contribution in [1.29, 1.82) is 0 Å². The van der Waals surface area contributed by atoms with E-state index in [1.165, 1.54) is 16.9 Å². The molecular formula is C31H40N6O3. The molecule has 0 radical (unpaired) electrons. The summed E-state index contributed by atoms with van der Waals surface area (Å²) in [7, 11) is 3.46. The Balaban J connectivity index is 1.20. The van der Waals surface area contributed by atoms with Crippen LogP contribution < -0.4 is 20.4 Å². The minimum atomic E-state index is -0.124. The number of para-hydroxylation sites is 1. The number of benzene rings is 2. The predicted molar refractivity (Wildman–Crippen MR) is 159 cm³/mol. The van der Waals surface area contributed by atoms with Crippen LogP contribution in [0.15, 0.2) is 48.5 Å². The number of fused-ring (bicyclic) bond motifs is 2. The van der Waals surface area contributed by atoms with E-state index in [4.69, 9.17) is 15.2 Å². The summed E-state index contributed by atoms with van der Waals surface area (Å²) in [6.45, 7) is 5.97. The number of piperazine rings is 1. The Morgan fingerprint density at radius 2 is 1.57 bits per heavy atom. The topological polar surface area (TPSA) is 100 Å². The molecule has 3 fully saturated rings. The minimum absolute atomic E-state index is 0.124. The molecule has 3 N–H and O–H groups in total. The second kappa shape index (κ2) is 11.1. The third-order valence-corrected chi connectivity index (χ3v) is 9.02. The highest BCUT2D eigenvalue weighted by atomic mass is 16.7. The van der Waals surface area contributed by atoms with E-state index >= 15 is 0 Å². The number of methoxy groups -OCH3 is 2. The van der Waals surface area contributed by atoms with E-state index < -0.39 is 0 Å². The molecule has 0 saturated carbocycles. The normalized spacial score (nSPS) is 21.4. The first kappa shape index (κ1) is 26.7. The van der Waals surface area contributed by atoms with Gasteiger partial charge in [-0.1, -0.05) is 18.2 Å². The molecule has 2 aromatic carbocycles. The molecule has 2 atom stereocenters. The summed E-state index contributed by atoms with van der Waals surface area (Å²) in [5, 5.41) is 18.9. The molecule has 0 spiro atoms. The van der Waals surface area contributed by atoms with Crippen LogP contribution in [0.1, 0.15) is 31.2 Å². The molecule has 4 heterocycles. The molecule has 2 bridgehead atoms. The highest BCUT2D eigenvalue weighted by Gasteiger charge is 2.41. The smallest absolute Gasteiger partial charge is 0.169 e. The van der Waals surface area contributed by atoms with Gasteiger partial charge in [0.1, 0.15) is 5.75 Å². The number of phenolic OH excluding ortho intramolecular Hbond substituents is 1. The maximum atomic E-state index is 10.4. The Kier molecular flexibility index (Phi) is 7.42. The van der Waals surface area contributed by atoms with Crippen molar-refractivity contribution in [2.24, 2.45) is 5.92 Å². The number of aryl methyl sites for hydroxylation is 1. The van der Waals surface area contributed by atoms with Gasteiger partial charge in [0.15, 0.2) is 12.1 Å². The Morgan fingerprint density at radius 3 is 2.25 bits per heavy atom. The van der Waals surface area contributed by atoms with Crippen molar-refractivity contribution < 1.29 is 14.6 Å². The Labute approximate surface area is 236 Å². The zero-order valence-corrected chi connectivity index (χ0v) is 23.7. The maximum absolute atomic E-state index is 10.4. The standard InChI is InChI=1S/C31H40N6O3/c1-20-8-9-22(16-27(20)35-14-12-21(13-15-35)31(39-2)40-3)37-23-10-11-24(37)19-36(18-23)28-17-26(33-34-30(28)32)25-6-4-5-7-29(25)38/h4-9,16-17,21,23-24,31,38H,10-15,18-19H2,1-3H3,(H2,32,34). The quantitative estimate of drug-likeness (QED) is 0.418. The molecule has 1 aromatic heterocycles. The highest BCUT2D eigenvalue weighted by molar-refractivity contribution is 5.75. The summed E-state index contributed by atoms with van der Waals surface area (Å²) in [5.41, 5.74) is 12.5. The summed E-state index contributed by atoms with van der Waals surface area (Å²) >= 11 is 0.